The molecule has 1 saturated heterocycles. The highest BCUT2D eigenvalue weighted by Gasteiger charge is 2.25. The van der Waals surface area contributed by atoms with Gasteiger partial charge in [-0.25, -0.2) is 4.98 Å². The van der Waals surface area contributed by atoms with E-state index < -0.39 is 5.97 Å². The van der Waals surface area contributed by atoms with Crippen molar-refractivity contribution in [2.75, 3.05) is 26.0 Å². The summed E-state index contributed by atoms with van der Waals surface area (Å²) < 4.78 is 4.57. The summed E-state index contributed by atoms with van der Waals surface area (Å²) >= 11 is 1.18. The van der Waals surface area contributed by atoms with Gasteiger partial charge in [0.15, 0.2) is 5.16 Å². The van der Waals surface area contributed by atoms with E-state index in [1.807, 2.05) is 4.90 Å². The van der Waals surface area contributed by atoms with Gasteiger partial charge in [0.05, 0.1) is 25.0 Å². The number of carbonyl (C=O) groups excluding carboxylic acids is 2. The molecule has 2 heterocycles. The maximum atomic E-state index is 12.4. The molecular weight excluding hydrogens is 330 g/mol. The third-order valence-corrected chi connectivity index (χ3v) is 4.74. The Labute approximate surface area is 145 Å². The molecule has 7 nitrogen and oxygen atoms in total. The average Bonchev–Trinajstić information content (AvgIpc) is 2.51. The van der Waals surface area contributed by atoms with E-state index in [1.54, 1.807) is 0 Å². The number of ether oxygens (including phenoxy) is 1. The number of aromatic nitrogens is 2. The van der Waals surface area contributed by atoms with E-state index in [9.17, 15) is 14.4 Å². The summed E-state index contributed by atoms with van der Waals surface area (Å²) in [5.74, 6) is 0.799. The Balaban J connectivity index is 1.97. The summed E-state index contributed by atoms with van der Waals surface area (Å²) in [4.78, 5) is 44.0. The van der Waals surface area contributed by atoms with Crippen LogP contribution in [-0.4, -0.2) is 52.7 Å². The summed E-state index contributed by atoms with van der Waals surface area (Å²) in [5.41, 5.74) is -0.0140. The zero-order valence-corrected chi connectivity index (χ0v) is 15.0. The molecule has 2 atom stereocenters. The standard InChI is InChI=1S/C16H23N3O4S/c1-10-4-11(2)8-19(7-10)14(21)9-24-16-17-12(5-13(20)18-16)6-15(22)23-3/h5,10-11H,4,6-9H2,1-3H3,(H,17,18,20)/t10-,11-/m0/s1. The van der Waals surface area contributed by atoms with Crippen molar-refractivity contribution < 1.29 is 14.3 Å². The Kier molecular flexibility index (Phi) is 6.42. The van der Waals surface area contributed by atoms with Gasteiger partial charge >= 0.3 is 5.97 Å². The molecule has 0 spiro atoms. The van der Waals surface area contributed by atoms with Crippen LogP contribution in [0.3, 0.4) is 0 Å². The van der Waals surface area contributed by atoms with Crippen LogP contribution in [0, 0.1) is 11.8 Å². The van der Waals surface area contributed by atoms with Crippen molar-refractivity contribution in [1.29, 1.82) is 0 Å². The van der Waals surface area contributed by atoms with Crippen molar-refractivity contribution >= 4 is 23.6 Å². The number of aromatic amines is 1. The molecule has 24 heavy (non-hydrogen) atoms. The Morgan fingerprint density at radius 3 is 2.67 bits per heavy atom. The van der Waals surface area contributed by atoms with Crippen LogP contribution in [0.2, 0.25) is 0 Å². The fourth-order valence-corrected chi connectivity index (χ4v) is 3.75. The van der Waals surface area contributed by atoms with Crippen LogP contribution in [0.5, 0.6) is 0 Å². The number of hydrogen-bond donors (Lipinski definition) is 1. The monoisotopic (exact) mass is 353 g/mol. The molecule has 0 unspecified atom stereocenters. The van der Waals surface area contributed by atoms with Gasteiger partial charge in [-0.05, 0) is 18.3 Å². The van der Waals surface area contributed by atoms with Gasteiger partial charge in [0.1, 0.15) is 0 Å². The van der Waals surface area contributed by atoms with Gasteiger partial charge in [-0.2, -0.15) is 0 Å². The van der Waals surface area contributed by atoms with Gasteiger partial charge in [-0.3, -0.25) is 14.4 Å². The molecule has 1 aromatic heterocycles. The summed E-state index contributed by atoms with van der Waals surface area (Å²) in [6.07, 6.45) is 1.07. The molecule has 8 heteroatoms. The Morgan fingerprint density at radius 2 is 2.04 bits per heavy atom. The summed E-state index contributed by atoms with van der Waals surface area (Å²) in [5, 5.41) is 0.341. The van der Waals surface area contributed by atoms with Crippen LogP contribution < -0.4 is 5.56 Å². The minimum atomic E-state index is -0.462. The van der Waals surface area contributed by atoms with E-state index in [2.05, 4.69) is 28.6 Å². The van der Waals surface area contributed by atoms with Crippen molar-refractivity contribution in [2.45, 2.75) is 31.8 Å². The second kappa shape index (κ2) is 8.32. The molecule has 2 rings (SSSR count). The number of rotatable bonds is 5. The van der Waals surface area contributed by atoms with E-state index >= 15 is 0 Å². The summed E-state index contributed by atoms with van der Waals surface area (Å²) in [6, 6.07) is 1.26. The minimum Gasteiger partial charge on any atom is -0.469 e. The molecule has 1 aliphatic rings. The largest absolute Gasteiger partial charge is 0.469 e. The van der Waals surface area contributed by atoms with Crippen molar-refractivity contribution in [1.82, 2.24) is 14.9 Å². The van der Waals surface area contributed by atoms with E-state index in [0.717, 1.165) is 19.5 Å². The fraction of sp³-hybridized carbons (Fsp3) is 0.625. The number of methoxy groups -OCH3 is 1. The van der Waals surface area contributed by atoms with Crippen LogP contribution in [0.25, 0.3) is 0 Å². The van der Waals surface area contributed by atoms with Gasteiger partial charge in [-0.1, -0.05) is 25.6 Å². The lowest BCUT2D eigenvalue weighted by molar-refractivity contribution is -0.139. The lowest BCUT2D eigenvalue weighted by atomic mass is 9.92. The second-order valence-corrected chi connectivity index (χ2v) is 7.29. The molecule has 0 aliphatic carbocycles. The maximum absolute atomic E-state index is 12.4. The molecule has 132 valence electrons. The Bertz CT molecular complexity index is 651. The zero-order valence-electron chi connectivity index (χ0n) is 14.2. The van der Waals surface area contributed by atoms with Gasteiger partial charge in [0, 0.05) is 19.2 Å². The molecule has 1 aromatic rings. The third kappa shape index (κ3) is 5.36. The Hall–Kier alpha value is -1.83. The first-order chi connectivity index (χ1) is 11.4. The number of amides is 1. The smallest absolute Gasteiger partial charge is 0.311 e. The van der Waals surface area contributed by atoms with Gasteiger partial charge in [-0.15, -0.1) is 0 Å². The highest BCUT2D eigenvalue weighted by molar-refractivity contribution is 7.99. The molecule has 1 aliphatic heterocycles. The van der Waals surface area contributed by atoms with Gasteiger partial charge in [0.25, 0.3) is 5.56 Å². The lowest BCUT2D eigenvalue weighted by Gasteiger charge is -2.34. The van der Waals surface area contributed by atoms with Gasteiger partial charge < -0.3 is 14.6 Å². The molecule has 0 bridgehead atoms. The van der Waals surface area contributed by atoms with Crippen LogP contribution in [-0.2, 0) is 20.7 Å². The number of carbonyl (C=O) groups is 2. The van der Waals surface area contributed by atoms with E-state index in [4.69, 9.17) is 0 Å². The third-order valence-electron chi connectivity index (χ3n) is 3.88. The second-order valence-electron chi connectivity index (χ2n) is 6.33. The van der Waals surface area contributed by atoms with E-state index in [0.29, 0.717) is 22.7 Å². The van der Waals surface area contributed by atoms with Crippen molar-refractivity contribution in [3.8, 4) is 0 Å². The molecule has 0 saturated carbocycles. The molecule has 0 radical (unpaired) electrons. The zero-order chi connectivity index (χ0) is 17.7. The number of esters is 1. The fourth-order valence-electron chi connectivity index (χ4n) is 2.95. The van der Waals surface area contributed by atoms with Crippen LogP contribution in [0.1, 0.15) is 26.0 Å². The lowest BCUT2D eigenvalue weighted by Crippen LogP contribution is -2.43. The number of H-pyrrole nitrogens is 1. The minimum absolute atomic E-state index is 0.0411. The summed E-state index contributed by atoms with van der Waals surface area (Å²) in [6.45, 7) is 5.85. The Morgan fingerprint density at radius 1 is 1.38 bits per heavy atom. The van der Waals surface area contributed by atoms with Gasteiger partial charge in [0.2, 0.25) is 5.91 Å². The number of nitrogens with one attached hydrogen (secondary N) is 1. The predicted molar refractivity (Wildman–Crippen MR) is 90.8 cm³/mol. The molecular formula is C16H23N3O4S. The highest BCUT2D eigenvalue weighted by atomic mass is 32.2. The number of hydrogen-bond acceptors (Lipinski definition) is 6. The SMILES string of the molecule is COC(=O)Cc1cc(=O)[nH]c(SCC(=O)N2C[C@@H](C)C[C@H](C)C2)n1. The first kappa shape index (κ1) is 18.5. The maximum Gasteiger partial charge on any atom is 0.311 e. The van der Waals surface area contributed by atoms with E-state index in [-0.39, 0.29) is 23.6 Å². The average molecular weight is 353 g/mol. The van der Waals surface area contributed by atoms with Crippen LogP contribution >= 0.6 is 11.8 Å². The first-order valence-corrected chi connectivity index (χ1v) is 8.93. The molecule has 0 aromatic carbocycles. The van der Waals surface area contributed by atoms with Crippen molar-refractivity contribution in [3.63, 3.8) is 0 Å². The van der Waals surface area contributed by atoms with Crippen LogP contribution in [0.15, 0.2) is 16.0 Å². The molecule has 1 amide bonds. The summed E-state index contributed by atoms with van der Waals surface area (Å²) in [7, 11) is 1.28. The van der Waals surface area contributed by atoms with Crippen LogP contribution in [0.4, 0.5) is 0 Å². The predicted octanol–water partition coefficient (Wildman–Crippen LogP) is 1.08. The van der Waals surface area contributed by atoms with E-state index in [1.165, 1.54) is 24.9 Å². The number of nitrogens with zero attached hydrogens (tertiary/aromatic N) is 2. The van der Waals surface area contributed by atoms with Crippen molar-refractivity contribution in [2.24, 2.45) is 11.8 Å². The normalized spacial score (nSPS) is 20.7. The molecule has 1 N–H and O–H groups in total. The molecule has 1 fully saturated rings. The quantitative estimate of drug-likeness (QED) is 0.484. The number of thioether (sulfide) groups is 1. The topological polar surface area (TPSA) is 92.4 Å². The number of likely N-dealkylation sites (tertiary alicyclic amines) is 1. The first-order valence-electron chi connectivity index (χ1n) is 7.95. The number of piperidine rings is 1. The van der Waals surface area contributed by atoms with Crippen molar-refractivity contribution in [3.05, 3.63) is 22.1 Å². The highest BCUT2D eigenvalue weighted by Crippen LogP contribution is 2.22.